The van der Waals surface area contributed by atoms with E-state index in [0.29, 0.717) is 22.0 Å². The van der Waals surface area contributed by atoms with Gasteiger partial charge < -0.3 is 5.11 Å². The average Bonchev–Trinajstić information content (AvgIpc) is 2.94. The maximum atomic E-state index is 12.6. The summed E-state index contributed by atoms with van der Waals surface area (Å²) in [6.45, 7) is 0. The molecule has 0 spiro atoms. The molecule has 0 atom stereocenters. The van der Waals surface area contributed by atoms with E-state index in [0.717, 1.165) is 0 Å². The Labute approximate surface area is 148 Å². The largest absolute Gasteiger partial charge is 0.476 e. The normalized spacial score (nSPS) is 14.6. The highest BCUT2D eigenvalue weighted by atomic mass is 35.5. The summed E-state index contributed by atoms with van der Waals surface area (Å²) in [6, 6.07) is 13.3. The maximum Gasteiger partial charge on any atom is 0.356 e. The van der Waals surface area contributed by atoms with Gasteiger partial charge in [0.1, 0.15) is 0 Å². The van der Waals surface area contributed by atoms with Crippen LogP contribution in [0.4, 0.5) is 0 Å². The van der Waals surface area contributed by atoms with Gasteiger partial charge in [-0.3, -0.25) is 0 Å². The van der Waals surface area contributed by atoms with E-state index in [-0.39, 0.29) is 16.2 Å². The molecule has 0 aliphatic carbocycles. The molecule has 0 saturated carbocycles. The number of carbonyl (C=O) groups is 1. The van der Waals surface area contributed by atoms with Gasteiger partial charge in [0.2, 0.25) is 0 Å². The third kappa shape index (κ3) is 2.43. The second-order valence-corrected chi connectivity index (χ2v) is 8.02. The molecule has 2 aromatic carbocycles. The van der Waals surface area contributed by atoms with Crippen molar-refractivity contribution in [2.24, 2.45) is 0 Å². The molecule has 4 rings (SSSR count). The molecule has 3 aromatic rings. The van der Waals surface area contributed by atoms with Gasteiger partial charge in [0.05, 0.1) is 22.0 Å². The van der Waals surface area contributed by atoms with Gasteiger partial charge >= 0.3 is 5.97 Å². The van der Waals surface area contributed by atoms with E-state index in [1.807, 2.05) is 0 Å². The summed E-state index contributed by atoms with van der Waals surface area (Å²) in [5.41, 5.74) is 1.45. The van der Waals surface area contributed by atoms with Gasteiger partial charge in [-0.15, -0.1) is 0 Å². The molecule has 1 aromatic heterocycles. The van der Waals surface area contributed by atoms with Crippen LogP contribution in [0.3, 0.4) is 0 Å². The summed E-state index contributed by atoms with van der Waals surface area (Å²) in [5, 5.41) is 14.2. The lowest BCUT2D eigenvalue weighted by atomic mass is 10.1. The number of nitrogens with zero attached hydrogens (tertiary/aromatic N) is 2. The molecule has 25 heavy (non-hydrogen) atoms. The van der Waals surface area contributed by atoms with Crippen molar-refractivity contribution in [3.8, 4) is 16.9 Å². The molecule has 1 N–H and O–H groups in total. The lowest BCUT2D eigenvalue weighted by Crippen LogP contribution is -2.15. The second-order valence-electron chi connectivity index (χ2n) is 5.62. The Bertz CT molecular complexity index is 1120. The number of benzene rings is 2. The van der Waals surface area contributed by atoms with E-state index in [4.69, 9.17) is 11.6 Å². The first-order chi connectivity index (χ1) is 11.9. The van der Waals surface area contributed by atoms with Crippen LogP contribution < -0.4 is 0 Å². The molecule has 126 valence electrons. The Morgan fingerprint density at radius 1 is 1.12 bits per heavy atom. The zero-order chi connectivity index (χ0) is 17.8. The first-order valence-electron chi connectivity index (χ1n) is 7.32. The molecule has 0 amide bonds. The van der Waals surface area contributed by atoms with Gasteiger partial charge in [-0.25, -0.2) is 17.9 Å². The Balaban J connectivity index is 2.09. The van der Waals surface area contributed by atoms with Gasteiger partial charge in [0.25, 0.3) is 0 Å². The van der Waals surface area contributed by atoms with Crippen molar-refractivity contribution in [3.63, 3.8) is 0 Å². The van der Waals surface area contributed by atoms with E-state index in [2.05, 4.69) is 5.10 Å². The molecule has 0 radical (unpaired) electrons. The van der Waals surface area contributed by atoms with Crippen molar-refractivity contribution in [2.75, 3.05) is 0 Å². The number of hydrogen-bond donors (Lipinski definition) is 1. The van der Waals surface area contributed by atoms with Crippen molar-refractivity contribution in [3.05, 3.63) is 64.8 Å². The van der Waals surface area contributed by atoms with Gasteiger partial charge in [-0.05, 0) is 30.3 Å². The molecule has 0 saturated heterocycles. The zero-order valence-corrected chi connectivity index (χ0v) is 14.3. The van der Waals surface area contributed by atoms with Crippen LogP contribution in [0.25, 0.3) is 16.9 Å². The highest BCUT2D eigenvalue weighted by Gasteiger charge is 2.35. The van der Waals surface area contributed by atoms with Crippen LogP contribution in [0.15, 0.2) is 53.4 Å². The first kappa shape index (κ1) is 15.9. The molecule has 1 aliphatic rings. The van der Waals surface area contributed by atoms with E-state index in [1.54, 1.807) is 42.5 Å². The smallest absolute Gasteiger partial charge is 0.356 e. The zero-order valence-electron chi connectivity index (χ0n) is 12.7. The fourth-order valence-corrected chi connectivity index (χ4v) is 4.73. The van der Waals surface area contributed by atoms with E-state index < -0.39 is 21.6 Å². The molecule has 1 aliphatic heterocycles. The number of rotatable bonds is 2. The number of aromatic carboxylic acids is 1. The van der Waals surface area contributed by atoms with Crippen LogP contribution in [-0.4, -0.2) is 29.3 Å². The van der Waals surface area contributed by atoms with E-state index in [1.165, 1.54) is 10.7 Å². The molecular weight excluding hydrogens is 364 g/mol. The summed E-state index contributed by atoms with van der Waals surface area (Å²) in [7, 11) is -3.62. The Morgan fingerprint density at radius 2 is 1.80 bits per heavy atom. The predicted molar refractivity (Wildman–Crippen MR) is 91.9 cm³/mol. The topological polar surface area (TPSA) is 89.3 Å². The molecule has 2 heterocycles. The van der Waals surface area contributed by atoms with Crippen molar-refractivity contribution in [1.29, 1.82) is 0 Å². The Hall–Kier alpha value is -2.64. The van der Waals surface area contributed by atoms with Crippen LogP contribution >= 0.6 is 11.6 Å². The van der Waals surface area contributed by atoms with Crippen molar-refractivity contribution in [2.45, 2.75) is 10.6 Å². The minimum Gasteiger partial charge on any atom is -0.476 e. The minimum atomic E-state index is -3.62. The van der Waals surface area contributed by atoms with Gasteiger partial charge in [0, 0.05) is 16.1 Å². The average molecular weight is 375 g/mol. The van der Waals surface area contributed by atoms with Crippen molar-refractivity contribution in [1.82, 2.24) is 9.78 Å². The van der Waals surface area contributed by atoms with Gasteiger partial charge in [-0.2, -0.15) is 5.10 Å². The van der Waals surface area contributed by atoms with Gasteiger partial charge in [-0.1, -0.05) is 29.8 Å². The summed E-state index contributed by atoms with van der Waals surface area (Å²) in [4.78, 5) is 11.8. The lowest BCUT2D eigenvalue weighted by molar-refractivity contribution is 0.0689. The van der Waals surface area contributed by atoms with Crippen LogP contribution in [0, 0.1) is 0 Å². The molecule has 0 fully saturated rings. The summed E-state index contributed by atoms with van der Waals surface area (Å²) in [6.07, 6.45) is 0. The third-order valence-electron chi connectivity index (χ3n) is 4.07. The summed E-state index contributed by atoms with van der Waals surface area (Å²) in [5.74, 6) is -1.66. The number of carboxylic acids is 1. The number of carboxylic acid groups (broad SMARTS) is 1. The quantitative estimate of drug-likeness (QED) is 0.744. The van der Waals surface area contributed by atoms with Crippen molar-refractivity contribution < 1.29 is 18.3 Å². The summed E-state index contributed by atoms with van der Waals surface area (Å²) >= 11 is 5.91. The third-order valence-corrected chi connectivity index (χ3v) is 6.02. The Morgan fingerprint density at radius 3 is 2.48 bits per heavy atom. The van der Waals surface area contributed by atoms with Gasteiger partial charge in [0.15, 0.2) is 15.5 Å². The second kappa shape index (κ2) is 5.44. The standard InChI is InChI=1S/C17H11ClN2O4S/c18-10-5-7-11(8-6-10)20-16-12-3-1-2-4-14(12)25(23,24)9-13(16)15(19-20)17(21)22/h1-8H,9H2,(H,21,22). The SMILES string of the molecule is O=C(O)c1nn(-c2ccc(Cl)cc2)c2c1CS(=O)(=O)c1ccccc1-2. The minimum absolute atomic E-state index is 0.176. The number of sulfone groups is 1. The highest BCUT2D eigenvalue weighted by Crippen LogP contribution is 2.40. The number of halogens is 1. The molecule has 0 unspecified atom stereocenters. The fourth-order valence-electron chi connectivity index (χ4n) is 3.01. The molecular formula is C17H11ClN2O4S. The molecule has 6 nitrogen and oxygen atoms in total. The highest BCUT2D eigenvalue weighted by molar-refractivity contribution is 7.90. The fraction of sp³-hybridized carbons (Fsp3) is 0.0588. The number of fused-ring (bicyclic) bond motifs is 3. The predicted octanol–water partition coefficient (Wildman–Crippen LogP) is 3.18. The molecule has 0 bridgehead atoms. The van der Waals surface area contributed by atoms with E-state index >= 15 is 0 Å². The number of aromatic nitrogens is 2. The summed E-state index contributed by atoms with van der Waals surface area (Å²) < 4.78 is 26.6. The van der Waals surface area contributed by atoms with Crippen LogP contribution in [0.2, 0.25) is 5.02 Å². The van der Waals surface area contributed by atoms with Crippen LogP contribution in [0.1, 0.15) is 16.1 Å². The van der Waals surface area contributed by atoms with Crippen LogP contribution in [-0.2, 0) is 15.6 Å². The van der Waals surface area contributed by atoms with Crippen molar-refractivity contribution >= 4 is 27.4 Å². The van der Waals surface area contributed by atoms with E-state index in [9.17, 15) is 18.3 Å². The maximum absolute atomic E-state index is 12.6. The monoisotopic (exact) mass is 374 g/mol. The number of hydrogen-bond acceptors (Lipinski definition) is 4. The lowest BCUT2D eigenvalue weighted by Gasteiger charge is -2.18. The first-order valence-corrected chi connectivity index (χ1v) is 9.35. The molecule has 8 heteroatoms. The Kier molecular flexibility index (Phi) is 3.45. The van der Waals surface area contributed by atoms with Crippen LogP contribution in [0.5, 0.6) is 0 Å².